The second-order valence-electron chi connectivity index (χ2n) is 8.83. The fourth-order valence-corrected chi connectivity index (χ4v) is 4.69. The minimum atomic E-state index is -0.136. The quantitative estimate of drug-likeness (QED) is 0.525. The van der Waals surface area contributed by atoms with Crippen molar-refractivity contribution in [3.63, 3.8) is 0 Å². The number of nitrogens with zero attached hydrogens (tertiary/aromatic N) is 2. The summed E-state index contributed by atoms with van der Waals surface area (Å²) in [6, 6.07) is 6.44. The highest BCUT2D eigenvalue weighted by molar-refractivity contribution is 5.71. The average molecular weight is 435 g/mol. The lowest BCUT2D eigenvalue weighted by molar-refractivity contribution is -0.149. The SMILES string of the molecule is COc1ccc(CCO[C@H]2CCCC[C@@H]2N2CCC(OC(=O)CN(C)C)C2)cc1OC. The molecule has 0 N–H and O–H groups in total. The van der Waals surface area contributed by atoms with Crippen LogP contribution in [-0.2, 0) is 20.7 Å². The highest BCUT2D eigenvalue weighted by Crippen LogP contribution is 2.30. The molecule has 0 bridgehead atoms. The zero-order valence-electron chi connectivity index (χ0n) is 19.5. The van der Waals surface area contributed by atoms with E-state index in [9.17, 15) is 4.79 Å². The Morgan fingerprint density at radius 2 is 1.87 bits per heavy atom. The lowest BCUT2D eigenvalue weighted by Gasteiger charge is -2.37. The molecule has 3 atom stereocenters. The lowest BCUT2D eigenvalue weighted by atomic mass is 9.91. The Kier molecular flexibility index (Phi) is 8.99. The Bertz CT molecular complexity index is 711. The molecule has 1 heterocycles. The van der Waals surface area contributed by atoms with Crippen LogP contribution in [0.1, 0.15) is 37.7 Å². The van der Waals surface area contributed by atoms with Crippen molar-refractivity contribution in [2.45, 2.75) is 56.8 Å². The number of hydrogen-bond acceptors (Lipinski definition) is 7. The van der Waals surface area contributed by atoms with E-state index in [1.54, 1.807) is 14.2 Å². The van der Waals surface area contributed by atoms with Gasteiger partial charge in [0.05, 0.1) is 33.5 Å². The minimum absolute atomic E-state index is 0.00166. The summed E-state index contributed by atoms with van der Waals surface area (Å²) in [5.41, 5.74) is 1.18. The highest BCUT2D eigenvalue weighted by atomic mass is 16.5. The van der Waals surface area contributed by atoms with Gasteiger partial charge >= 0.3 is 5.97 Å². The number of benzene rings is 1. The van der Waals surface area contributed by atoms with Gasteiger partial charge in [-0.25, -0.2) is 0 Å². The summed E-state index contributed by atoms with van der Waals surface area (Å²) in [7, 11) is 7.07. The van der Waals surface area contributed by atoms with E-state index in [0.29, 0.717) is 19.2 Å². The van der Waals surface area contributed by atoms with Crippen molar-refractivity contribution in [2.24, 2.45) is 0 Å². The zero-order valence-corrected chi connectivity index (χ0v) is 19.5. The van der Waals surface area contributed by atoms with Gasteiger partial charge < -0.3 is 18.9 Å². The van der Waals surface area contributed by atoms with Crippen LogP contribution >= 0.6 is 0 Å². The van der Waals surface area contributed by atoms with Gasteiger partial charge in [-0.05, 0) is 57.5 Å². The summed E-state index contributed by atoms with van der Waals surface area (Å²) in [5, 5.41) is 0. The van der Waals surface area contributed by atoms with Gasteiger partial charge in [0.25, 0.3) is 0 Å². The molecule has 1 unspecified atom stereocenters. The molecule has 1 saturated heterocycles. The van der Waals surface area contributed by atoms with E-state index < -0.39 is 0 Å². The Hall–Kier alpha value is -1.83. The highest BCUT2D eigenvalue weighted by Gasteiger charge is 2.36. The summed E-state index contributed by atoms with van der Waals surface area (Å²) in [6.45, 7) is 2.81. The number of esters is 1. The van der Waals surface area contributed by atoms with E-state index in [1.165, 1.54) is 18.4 Å². The number of ether oxygens (including phenoxy) is 4. The molecule has 7 heteroatoms. The lowest BCUT2D eigenvalue weighted by Crippen LogP contribution is -2.46. The zero-order chi connectivity index (χ0) is 22.2. The predicted octanol–water partition coefficient (Wildman–Crippen LogP) is 2.75. The van der Waals surface area contributed by atoms with Crippen molar-refractivity contribution >= 4 is 5.97 Å². The van der Waals surface area contributed by atoms with Crippen molar-refractivity contribution in [3.8, 4) is 11.5 Å². The first-order chi connectivity index (χ1) is 15.0. The summed E-state index contributed by atoms with van der Waals surface area (Å²) < 4.78 is 22.8. The Morgan fingerprint density at radius 1 is 1.10 bits per heavy atom. The Balaban J connectivity index is 1.49. The minimum Gasteiger partial charge on any atom is -0.493 e. The summed E-state index contributed by atoms with van der Waals surface area (Å²) in [5.74, 6) is 1.36. The second-order valence-corrected chi connectivity index (χ2v) is 8.83. The average Bonchev–Trinajstić information content (AvgIpc) is 3.21. The number of rotatable bonds is 10. The molecule has 1 aliphatic heterocycles. The third-order valence-electron chi connectivity index (χ3n) is 6.23. The fraction of sp³-hybridized carbons (Fsp3) is 0.708. The first-order valence-electron chi connectivity index (χ1n) is 11.4. The molecule has 3 rings (SSSR count). The molecule has 31 heavy (non-hydrogen) atoms. The topological polar surface area (TPSA) is 60.5 Å². The molecule has 1 aliphatic carbocycles. The van der Waals surface area contributed by atoms with Crippen LogP contribution in [0.2, 0.25) is 0 Å². The van der Waals surface area contributed by atoms with Crippen molar-refractivity contribution in [2.75, 3.05) is 54.6 Å². The van der Waals surface area contributed by atoms with E-state index in [4.69, 9.17) is 18.9 Å². The first-order valence-corrected chi connectivity index (χ1v) is 11.4. The van der Waals surface area contributed by atoms with E-state index in [0.717, 1.165) is 50.3 Å². The van der Waals surface area contributed by atoms with Gasteiger partial charge in [0.1, 0.15) is 6.10 Å². The van der Waals surface area contributed by atoms with Crippen LogP contribution in [0.3, 0.4) is 0 Å². The molecule has 1 saturated carbocycles. The number of hydrogen-bond donors (Lipinski definition) is 0. The number of likely N-dealkylation sites (tertiary alicyclic amines) is 1. The third-order valence-corrected chi connectivity index (χ3v) is 6.23. The van der Waals surface area contributed by atoms with Crippen molar-refractivity contribution in [3.05, 3.63) is 23.8 Å². The molecule has 1 aromatic rings. The van der Waals surface area contributed by atoms with Crippen molar-refractivity contribution < 1.29 is 23.7 Å². The van der Waals surface area contributed by atoms with Crippen molar-refractivity contribution in [1.82, 2.24) is 9.80 Å². The van der Waals surface area contributed by atoms with Crippen LogP contribution in [-0.4, -0.2) is 88.6 Å². The van der Waals surface area contributed by atoms with Crippen LogP contribution in [0, 0.1) is 0 Å². The van der Waals surface area contributed by atoms with E-state index in [2.05, 4.69) is 11.0 Å². The molecular formula is C24H38N2O5. The maximum Gasteiger partial charge on any atom is 0.320 e. The van der Waals surface area contributed by atoms with Gasteiger partial charge in [-0.15, -0.1) is 0 Å². The molecular weight excluding hydrogens is 396 g/mol. The maximum atomic E-state index is 12.0. The normalized spacial score (nSPS) is 24.4. The molecule has 0 aromatic heterocycles. The molecule has 2 fully saturated rings. The fourth-order valence-electron chi connectivity index (χ4n) is 4.69. The van der Waals surface area contributed by atoms with Crippen LogP contribution in [0.25, 0.3) is 0 Å². The van der Waals surface area contributed by atoms with Gasteiger partial charge in [-0.1, -0.05) is 18.9 Å². The van der Waals surface area contributed by atoms with Crippen LogP contribution in [0.5, 0.6) is 11.5 Å². The molecule has 0 spiro atoms. The molecule has 0 radical (unpaired) electrons. The molecule has 1 aromatic carbocycles. The monoisotopic (exact) mass is 434 g/mol. The number of likely N-dealkylation sites (N-methyl/N-ethyl adjacent to an activating group) is 1. The third kappa shape index (κ3) is 6.82. The first kappa shape index (κ1) is 23.8. The van der Waals surface area contributed by atoms with E-state index in [-0.39, 0.29) is 18.2 Å². The standard InChI is InChI=1S/C24H38N2O5/c1-25(2)17-24(27)31-19-11-13-26(16-19)20-7-5-6-8-21(20)30-14-12-18-9-10-22(28-3)23(15-18)29-4/h9-10,15,19-21H,5-8,11-14,16-17H2,1-4H3/t19?,20-,21-/m0/s1. The van der Waals surface area contributed by atoms with Crippen LogP contribution in [0.4, 0.5) is 0 Å². The molecule has 0 amide bonds. The summed E-state index contributed by atoms with van der Waals surface area (Å²) in [4.78, 5) is 16.3. The van der Waals surface area contributed by atoms with Gasteiger partial charge in [0.2, 0.25) is 0 Å². The van der Waals surface area contributed by atoms with E-state index in [1.807, 2.05) is 31.1 Å². The molecule has 174 valence electrons. The second kappa shape index (κ2) is 11.7. The number of carbonyl (C=O) groups is 1. The van der Waals surface area contributed by atoms with Gasteiger partial charge in [0, 0.05) is 19.1 Å². The van der Waals surface area contributed by atoms with Gasteiger partial charge in [0.15, 0.2) is 11.5 Å². The van der Waals surface area contributed by atoms with Crippen LogP contribution in [0.15, 0.2) is 18.2 Å². The molecule has 7 nitrogen and oxygen atoms in total. The maximum absolute atomic E-state index is 12.0. The summed E-state index contributed by atoms with van der Waals surface area (Å²) >= 11 is 0. The van der Waals surface area contributed by atoms with E-state index >= 15 is 0 Å². The summed E-state index contributed by atoms with van der Waals surface area (Å²) in [6.07, 6.45) is 6.70. The largest absolute Gasteiger partial charge is 0.493 e. The van der Waals surface area contributed by atoms with Crippen LogP contribution < -0.4 is 9.47 Å². The molecule has 2 aliphatic rings. The Labute approximate surface area is 186 Å². The predicted molar refractivity (Wildman–Crippen MR) is 120 cm³/mol. The Morgan fingerprint density at radius 3 is 2.61 bits per heavy atom. The smallest absolute Gasteiger partial charge is 0.320 e. The van der Waals surface area contributed by atoms with Gasteiger partial charge in [-0.2, -0.15) is 0 Å². The number of methoxy groups -OCH3 is 2. The van der Waals surface area contributed by atoms with Gasteiger partial charge in [-0.3, -0.25) is 14.6 Å². The number of carbonyl (C=O) groups excluding carboxylic acids is 1. The van der Waals surface area contributed by atoms with Crippen molar-refractivity contribution in [1.29, 1.82) is 0 Å².